The molecule has 0 aliphatic carbocycles. The largest absolute Gasteiger partial charge is 0.389 e. The highest BCUT2D eigenvalue weighted by Gasteiger charge is 2.14. The molecule has 25 heavy (non-hydrogen) atoms. The van der Waals surface area contributed by atoms with Gasteiger partial charge in [0.1, 0.15) is 0 Å². The van der Waals surface area contributed by atoms with E-state index < -0.39 is 4.92 Å². The maximum absolute atomic E-state index is 12.3. The molecule has 0 atom stereocenters. The second kappa shape index (κ2) is 7.22. The molecule has 1 N–H and O–H groups in total. The second-order valence-corrected chi connectivity index (χ2v) is 6.84. The Bertz CT molecular complexity index is 934. The Kier molecular flexibility index (Phi) is 5.03. The summed E-state index contributed by atoms with van der Waals surface area (Å²) in [6, 6.07) is 7.80. The van der Waals surface area contributed by atoms with Crippen LogP contribution < -0.4 is 5.32 Å². The van der Waals surface area contributed by atoms with Gasteiger partial charge in [-0.2, -0.15) is 4.68 Å². The molecule has 0 spiro atoms. The maximum Gasteiger partial charge on any atom is 0.389 e. The minimum atomic E-state index is -0.556. The van der Waals surface area contributed by atoms with E-state index in [1.54, 1.807) is 29.6 Å². The zero-order chi connectivity index (χ0) is 18.0. The van der Waals surface area contributed by atoms with Crippen molar-refractivity contribution in [2.45, 2.75) is 6.54 Å². The normalized spacial score (nSPS) is 10.6. The van der Waals surface area contributed by atoms with Gasteiger partial charge in [0.2, 0.25) is 0 Å². The third-order valence-electron chi connectivity index (χ3n) is 3.16. The molecule has 1 aromatic carbocycles. The van der Waals surface area contributed by atoms with Crippen LogP contribution in [0.15, 0.2) is 41.9 Å². The van der Waals surface area contributed by atoms with Crippen molar-refractivity contribution in [3.63, 3.8) is 0 Å². The molecule has 7 nitrogen and oxygen atoms in total. The first kappa shape index (κ1) is 17.4. The monoisotopic (exact) mass is 396 g/mol. The van der Waals surface area contributed by atoms with Crippen LogP contribution in [0.1, 0.15) is 15.2 Å². The molecule has 0 saturated heterocycles. The first-order valence-corrected chi connectivity index (χ1v) is 8.57. The van der Waals surface area contributed by atoms with Gasteiger partial charge < -0.3 is 15.4 Å². The molecular formula is C15H10Cl2N4O3S. The van der Waals surface area contributed by atoms with Crippen LogP contribution in [0, 0.1) is 10.1 Å². The Balaban J connectivity index is 1.69. The topological polar surface area (TPSA) is 90.1 Å². The highest BCUT2D eigenvalue weighted by atomic mass is 35.5. The predicted octanol–water partition coefficient (Wildman–Crippen LogP) is 4.46. The highest BCUT2D eigenvalue weighted by molar-refractivity contribution is 7.12. The number of benzene rings is 1. The van der Waals surface area contributed by atoms with Crippen LogP contribution in [0.5, 0.6) is 0 Å². The fraction of sp³-hybridized carbons (Fsp3) is 0.0667. The van der Waals surface area contributed by atoms with E-state index in [4.69, 9.17) is 23.2 Å². The van der Waals surface area contributed by atoms with Gasteiger partial charge in [0.25, 0.3) is 5.91 Å². The standard InChI is InChI=1S/C15H10Cl2N4O3S/c16-10-4-11(17)6-12(5-10)18-15(22)13-3-9(8-25-13)7-20-2-1-14(19-20)21(23)24/h1-6,8H,7H2,(H,18,22). The van der Waals surface area contributed by atoms with E-state index in [9.17, 15) is 14.9 Å². The highest BCUT2D eigenvalue weighted by Crippen LogP contribution is 2.24. The molecular weight excluding hydrogens is 387 g/mol. The zero-order valence-corrected chi connectivity index (χ0v) is 14.8. The third-order valence-corrected chi connectivity index (χ3v) is 4.57. The van der Waals surface area contributed by atoms with E-state index in [0.717, 1.165) is 5.56 Å². The lowest BCUT2D eigenvalue weighted by atomic mass is 10.3. The summed E-state index contributed by atoms with van der Waals surface area (Å²) >= 11 is 13.1. The van der Waals surface area contributed by atoms with Crippen LogP contribution in [0.4, 0.5) is 11.5 Å². The number of carbonyl (C=O) groups excluding carboxylic acids is 1. The van der Waals surface area contributed by atoms with Crippen LogP contribution in [0.2, 0.25) is 10.0 Å². The van der Waals surface area contributed by atoms with Crippen LogP contribution in [0.3, 0.4) is 0 Å². The van der Waals surface area contributed by atoms with Crippen LogP contribution in [-0.4, -0.2) is 20.6 Å². The number of nitrogens with one attached hydrogen (secondary N) is 1. The number of nitrogens with zero attached hydrogens (tertiary/aromatic N) is 3. The van der Waals surface area contributed by atoms with E-state index in [0.29, 0.717) is 27.2 Å². The molecule has 0 aliphatic rings. The van der Waals surface area contributed by atoms with Crippen molar-refractivity contribution in [3.8, 4) is 0 Å². The van der Waals surface area contributed by atoms with Gasteiger partial charge in [-0.1, -0.05) is 23.2 Å². The molecule has 0 unspecified atom stereocenters. The lowest BCUT2D eigenvalue weighted by molar-refractivity contribution is -0.389. The van der Waals surface area contributed by atoms with Crippen molar-refractivity contribution in [1.29, 1.82) is 0 Å². The van der Waals surface area contributed by atoms with Gasteiger partial charge in [0, 0.05) is 15.7 Å². The number of rotatable bonds is 5. The fourth-order valence-corrected chi connectivity index (χ4v) is 3.44. The first-order valence-electron chi connectivity index (χ1n) is 6.93. The van der Waals surface area contributed by atoms with Crippen molar-refractivity contribution in [2.24, 2.45) is 0 Å². The summed E-state index contributed by atoms with van der Waals surface area (Å²) < 4.78 is 1.44. The molecule has 0 bridgehead atoms. The third kappa shape index (κ3) is 4.36. The average Bonchev–Trinajstić information content (AvgIpc) is 3.16. The van der Waals surface area contributed by atoms with Crippen molar-refractivity contribution in [1.82, 2.24) is 9.78 Å². The predicted molar refractivity (Wildman–Crippen MR) is 96.7 cm³/mol. The molecule has 1 amide bonds. The maximum atomic E-state index is 12.3. The van der Waals surface area contributed by atoms with Gasteiger partial charge in [-0.15, -0.1) is 11.3 Å². The van der Waals surface area contributed by atoms with Crippen molar-refractivity contribution in [3.05, 3.63) is 72.5 Å². The summed E-state index contributed by atoms with van der Waals surface area (Å²) in [6.45, 7) is 0.334. The first-order chi connectivity index (χ1) is 11.9. The molecule has 0 fully saturated rings. The lowest BCUT2D eigenvalue weighted by Gasteiger charge is -2.04. The number of carbonyl (C=O) groups is 1. The van der Waals surface area contributed by atoms with Crippen molar-refractivity contribution < 1.29 is 9.72 Å². The van der Waals surface area contributed by atoms with Gasteiger partial charge in [0.15, 0.2) is 0 Å². The quantitative estimate of drug-likeness (QED) is 0.508. The van der Waals surface area contributed by atoms with E-state index in [1.165, 1.54) is 28.3 Å². The van der Waals surface area contributed by atoms with E-state index in [1.807, 2.05) is 0 Å². The summed E-state index contributed by atoms with van der Waals surface area (Å²) in [6.07, 6.45) is 1.52. The number of halogens is 2. The molecule has 3 aromatic rings. The number of hydrogen-bond acceptors (Lipinski definition) is 5. The van der Waals surface area contributed by atoms with Gasteiger partial charge in [-0.05, 0) is 40.1 Å². The molecule has 128 valence electrons. The van der Waals surface area contributed by atoms with E-state index >= 15 is 0 Å². The number of hydrogen-bond donors (Lipinski definition) is 1. The molecule has 0 aliphatic heterocycles. The van der Waals surface area contributed by atoms with Gasteiger partial charge in [-0.25, -0.2) is 0 Å². The number of thiophene rings is 1. The van der Waals surface area contributed by atoms with Gasteiger partial charge in [-0.3, -0.25) is 4.79 Å². The molecule has 3 rings (SSSR count). The van der Waals surface area contributed by atoms with Crippen LogP contribution in [-0.2, 0) is 6.54 Å². The van der Waals surface area contributed by atoms with Crippen molar-refractivity contribution >= 4 is 52.0 Å². The lowest BCUT2D eigenvalue weighted by Crippen LogP contribution is -2.10. The van der Waals surface area contributed by atoms with Gasteiger partial charge in [0.05, 0.1) is 28.8 Å². The smallest absolute Gasteiger partial charge is 0.358 e. The Labute approximate surface area is 155 Å². The Hall–Kier alpha value is -2.42. The molecule has 2 aromatic heterocycles. The second-order valence-electron chi connectivity index (χ2n) is 5.06. The van der Waals surface area contributed by atoms with Gasteiger partial charge >= 0.3 is 5.82 Å². The average molecular weight is 397 g/mol. The van der Waals surface area contributed by atoms with Crippen LogP contribution >= 0.6 is 34.5 Å². The summed E-state index contributed by atoms with van der Waals surface area (Å²) in [5, 5.41) is 19.9. The summed E-state index contributed by atoms with van der Waals surface area (Å²) in [7, 11) is 0. The summed E-state index contributed by atoms with van der Waals surface area (Å²) in [4.78, 5) is 22.9. The van der Waals surface area contributed by atoms with Crippen molar-refractivity contribution in [2.75, 3.05) is 5.32 Å². The van der Waals surface area contributed by atoms with Crippen LogP contribution in [0.25, 0.3) is 0 Å². The Morgan fingerprint density at radius 1 is 1.28 bits per heavy atom. The fourth-order valence-electron chi connectivity index (χ4n) is 2.12. The summed E-state index contributed by atoms with van der Waals surface area (Å²) in [5.74, 6) is -0.507. The van der Waals surface area contributed by atoms with E-state index in [-0.39, 0.29) is 11.7 Å². The number of aromatic nitrogens is 2. The Morgan fingerprint density at radius 3 is 2.64 bits per heavy atom. The molecule has 10 heteroatoms. The number of amides is 1. The molecule has 0 radical (unpaired) electrons. The minimum absolute atomic E-state index is 0.217. The molecule has 0 saturated carbocycles. The number of anilines is 1. The minimum Gasteiger partial charge on any atom is -0.358 e. The summed E-state index contributed by atoms with van der Waals surface area (Å²) in [5.41, 5.74) is 1.32. The Morgan fingerprint density at radius 2 is 2.00 bits per heavy atom. The SMILES string of the molecule is O=C(Nc1cc(Cl)cc(Cl)c1)c1cc(Cn2ccc([N+](=O)[O-])n2)cs1. The number of nitro groups is 1. The molecule has 2 heterocycles. The van der Waals surface area contributed by atoms with E-state index in [2.05, 4.69) is 10.4 Å². The zero-order valence-electron chi connectivity index (χ0n) is 12.5.